The first-order valence-electron chi connectivity index (χ1n) is 22.5. The van der Waals surface area contributed by atoms with Crippen LogP contribution in [0.3, 0.4) is 0 Å². The lowest BCUT2D eigenvalue weighted by Crippen LogP contribution is -2.42. The van der Waals surface area contributed by atoms with E-state index in [4.69, 9.17) is 18.9 Å². The molecule has 324 valence electrons. The van der Waals surface area contributed by atoms with E-state index in [-0.39, 0.29) is 90.8 Å². The Morgan fingerprint density at radius 1 is 0.741 bits per heavy atom. The van der Waals surface area contributed by atoms with E-state index in [0.717, 1.165) is 32.1 Å². The lowest BCUT2D eigenvalue weighted by molar-refractivity contribution is -0.171. The van der Waals surface area contributed by atoms with Crippen LogP contribution in [0.2, 0.25) is 0 Å². The van der Waals surface area contributed by atoms with Gasteiger partial charge in [0.1, 0.15) is 24.4 Å². The molecule has 0 spiro atoms. The molecule has 0 unspecified atom stereocenters. The molecule has 1 saturated heterocycles. The number of hydrogen-bond acceptors (Lipinski definition) is 10. The fraction of sp³-hybridized carbons (Fsp3) is 0.750. The number of hydrogen-bond donors (Lipinski definition) is 2. The molecule has 2 N–H and O–H groups in total. The minimum absolute atomic E-state index is 0.0241. The molecule has 0 radical (unpaired) electrons. The van der Waals surface area contributed by atoms with Crippen LogP contribution in [0.4, 0.5) is 0 Å². The van der Waals surface area contributed by atoms with Crippen molar-refractivity contribution in [3.8, 4) is 0 Å². The monoisotopic (exact) mass is 809 g/mol. The van der Waals surface area contributed by atoms with Gasteiger partial charge in [-0.3, -0.25) is 19.2 Å². The van der Waals surface area contributed by atoms with Crippen LogP contribution in [0, 0.1) is 59.2 Å². The second kappa shape index (κ2) is 20.8. The average Bonchev–Trinajstić information content (AvgIpc) is 3.16. The number of allylic oxidation sites excluding steroid dienone is 6. The SMILES string of the molecule is CC[C@H](C)C(=O)O[C@H]1C[C@@H](C)C=C2C=C[C@H](C)[C@H](CC[C@@H](O)C[C@@H](O)CC(=O)O[C@H]3CC(=O)O[C@H](CC[C@@H]4[C@@H]5C(=C[C@H](C)C[C@@H]5OC(=O)[C@@H](C)CC)C=C[C@@H]4C)C3)[C@H]21. The highest BCUT2D eigenvalue weighted by Crippen LogP contribution is 2.47. The molecule has 0 aromatic rings. The Morgan fingerprint density at radius 2 is 1.26 bits per heavy atom. The van der Waals surface area contributed by atoms with Crippen molar-refractivity contribution in [2.75, 3.05) is 0 Å². The van der Waals surface area contributed by atoms with Crippen molar-refractivity contribution in [1.29, 1.82) is 0 Å². The molecule has 58 heavy (non-hydrogen) atoms. The summed E-state index contributed by atoms with van der Waals surface area (Å²) in [7, 11) is 0. The van der Waals surface area contributed by atoms with Gasteiger partial charge in [-0.05, 0) is 104 Å². The lowest BCUT2D eigenvalue weighted by Gasteiger charge is -2.43. The summed E-state index contributed by atoms with van der Waals surface area (Å²) >= 11 is 0. The quantitative estimate of drug-likeness (QED) is 0.109. The van der Waals surface area contributed by atoms with Crippen molar-refractivity contribution in [2.24, 2.45) is 59.2 Å². The number of aliphatic hydroxyl groups is 2. The zero-order valence-corrected chi connectivity index (χ0v) is 36.3. The van der Waals surface area contributed by atoms with E-state index in [1.54, 1.807) is 0 Å². The zero-order valence-electron chi connectivity index (χ0n) is 36.3. The Kier molecular flexibility index (Phi) is 16.5. The van der Waals surface area contributed by atoms with E-state index in [1.165, 1.54) is 11.1 Å². The first kappa shape index (κ1) is 45.8. The molecule has 10 nitrogen and oxygen atoms in total. The highest BCUT2D eigenvalue weighted by Gasteiger charge is 2.44. The predicted octanol–water partition coefficient (Wildman–Crippen LogP) is 8.39. The maximum Gasteiger partial charge on any atom is 0.309 e. The summed E-state index contributed by atoms with van der Waals surface area (Å²) in [5.41, 5.74) is 2.40. The highest BCUT2D eigenvalue weighted by atomic mass is 16.6. The molecule has 5 aliphatic rings. The standard InChI is InChI=1S/C48H72O10/c1-9-29(5)47(53)57-41-21-27(3)19-33-13-11-31(7)39(45(33)41)17-15-35(49)23-36(50)24-43(51)56-38-25-37(55-44(52)26-38)16-18-40-32(8)12-14-34-20-28(4)22-42(46(34)40)58-48(54)30(6)10-2/h11-14,19-20,27-32,35-42,45-46,49-50H,9-10,15-18,21-26H2,1-8H3/t27-,28-,29-,30-,31-,32-,35+,36+,37+,38+,39-,40-,41-,42-,45-,46-/m0/s1. The summed E-state index contributed by atoms with van der Waals surface area (Å²) in [5.74, 6) is -0.125. The van der Waals surface area contributed by atoms with Crippen molar-refractivity contribution in [2.45, 2.75) is 169 Å². The molecule has 0 bridgehead atoms. The van der Waals surface area contributed by atoms with E-state index >= 15 is 0 Å². The van der Waals surface area contributed by atoms with Gasteiger partial charge in [0, 0.05) is 18.3 Å². The molecular formula is C48H72O10. The number of cyclic esters (lactones) is 1. The molecule has 4 aliphatic carbocycles. The number of rotatable bonds is 17. The maximum absolute atomic E-state index is 13.0. The molecule has 0 aromatic heterocycles. The number of esters is 4. The van der Waals surface area contributed by atoms with Crippen LogP contribution in [0.5, 0.6) is 0 Å². The number of ether oxygens (including phenoxy) is 4. The summed E-state index contributed by atoms with van der Waals surface area (Å²) in [4.78, 5) is 51.5. The second-order valence-corrected chi connectivity index (χ2v) is 18.7. The minimum Gasteiger partial charge on any atom is -0.462 e. The van der Waals surface area contributed by atoms with Gasteiger partial charge in [-0.2, -0.15) is 0 Å². The van der Waals surface area contributed by atoms with Gasteiger partial charge >= 0.3 is 23.9 Å². The van der Waals surface area contributed by atoms with Gasteiger partial charge in [0.25, 0.3) is 0 Å². The number of aliphatic hydroxyl groups excluding tert-OH is 2. The smallest absolute Gasteiger partial charge is 0.309 e. The Hall–Kier alpha value is -3.24. The predicted molar refractivity (Wildman–Crippen MR) is 222 cm³/mol. The Balaban J connectivity index is 1.10. The van der Waals surface area contributed by atoms with E-state index in [9.17, 15) is 29.4 Å². The van der Waals surface area contributed by atoms with Crippen LogP contribution >= 0.6 is 0 Å². The van der Waals surface area contributed by atoms with Crippen molar-refractivity contribution in [1.82, 2.24) is 0 Å². The molecular weight excluding hydrogens is 737 g/mol. The molecule has 0 amide bonds. The van der Waals surface area contributed by atoms with Gasteiger partial charge in [0.05, 0.1) is 36.9 Å². The fourth-order valence-electron chi connectivity index (χ4n) is 10.1. The van der Waals surface area contributed by atoms with Gasteiger partial charge in [-0.15, -0.1) is 0 Å². The molecule has 1 fully saturated rings. The lowest BCUT2D eigenvalue weighted by atomic mass is 9.65. The van der Waals surface area contributed by atoms with E-state index in [2.05, 4.69) is 64.2 Å². The maximum atomic E-state index is 13.0. The first-order valence-corrected chi connectivity index (χ1v) is 22.5. The van der Waals surface area contributed by atoms with Crippen LogP contribution in [0.25, 0.3) is 0 Å². The fourth-order valence-corrected chi connectivity index (χ4v) is 10.1. The third-order valence-corrected chi connectivity index (χ3v) is 13.9. The highest BCUT2D eigenvalue weighted by molar-refractivity contribution is 5.74. The average molecular weight is 809 g/mol. The largest absolute Gasteiger partial charge is 0.462 e. The van der Waals surface area contributed by atoms with Crippen molar-refractivity contribution in [3.63, 3.8) is 0 Å². The van der Waals surface area contributed by atoms with Crippen LogP contribution in [-0.2, 0) is 38.1 Å². The van der Waals surface area contributed by atoms with Crippen molar-refractivity contribution in [3.05, 3.63) is 47.6 Å². The summed E-state index contributed by atoms with van der Waals surface area (Å²) in [6.07, 6.45) is 15.4. The van der Waals surface area contributed by atoms with Crippen LogP contribution < -0.4 is 0 Å². The third kappa shape index (κ3) is 11.9. The van der Waals surface area contributed by atoms with Gasteiger partial charge in [0.2, 0.25) is 0 Å². The number of carbonyl (C=O) groups is 4. The van der Waals surface area contributed by atoms with Crippen LogP contribution in [0.1, 0.15) is 132 Å². The van der Waals surface area contributed by atoms with E-state index in [0.29, 0.717) is 37.5 Å². The van der Waals surface area contributed by atoms with Gasteiger partial charge < -0.3 is 29.2 Å². The van der Waals surface area contributed by atoms with Gasteiger partial charge in [-0.1, -0.05) is 91.8 Å². The molecule has 5 rings (SSSR count). The number of fused-ring (bicyclic) bond motifs is 2. The molecule has 16 atom stereocenters. The second-order valence-electron chi connectivity index (χ2n) is 18.7. The molecule has 10 heteroatoms. The van der Waals surface area contributed by atoms with Gasteiger partial charge in [-0.25, -0.2) is 0 Å². The molecule has 0 aromatic carbocycles. The van der Waals surface area contributed by atoms with Crippen molar-refractivity contribution < 1.29 is 48.3 Å². The van der Waals surface area contributed by atoms with E-state index in [1.807, 2.05) is 27.7 Å². The summed E-state index contributed by atoms with van der Waals surface area (Å²) in [6, 6.07) is 0. The first-order chi connectivity index (χ1) is 27.6. The van der Waals surface area contributed by atoms with Crippen molar-refractivity contribution >= 4 is 23.9 Å². The zero-order chi connectivity index (χ0) is 42.3. The van der Waals surface area contributed by atoms with E-state index < -0.39 is 36.4 Å². The third-order valence-electron chi connectivity index (χ3n) is 13.9. The molecule has 1 heterocycles. The Bertz CT molecular complexity index is 1560. The topological polar surface area (TPSA) is 146 Å². The Labute approximate surface area is 347 Å². The van der Waals surface area contributed by atoms with Gasteiger partial charge in [0.15, 0.2) is 0 Å². The summed E-state index contributed by atoms with van der Waals surface area (Å²) in [6.45, 7) is 16.4. The van der Waals surface area contributed by atoms with Crippen LogP contribution in [-0.4, -0.2) is 70.7 Å². The minimum atomic E-state index is -1.10. The summed E-state index contributed by atoms with van der Waals surface area (Å²) in [5, 5.41) is 21.9. The van der Waals surface area contributed by atoms with Crippen LogP contribution in [0.15, 0.2) is 47.6 Å². The number of carbonyl (C=O) groups excluding carboxylic acids is 4. The molecule has 0 saturated carbocycles. The molecule has 1 aliphatic heterocycles. The Morgan fingerprint density at radius 3 is 1.78 bits per heavy atom. The normalized spacial score (nSPS) is 35.2. The summed E-state index contributed by atoms with van der Waals surface area (Å²) < 4.78 is 23.8.